The standard InChI is InChI=1S/C14H13FN2O2S/c1-3-19-14(18)13-11-7-20-12-6-9(15)4-5-10(12)17(11)8(2)16-13/h4-6H,3,7H2,1-2H3. The van der Waals surface area contributed by atoms with Gasteiger partial charge in [-0.25, -0.2) is 14.2 Å². The molecule has 0 N–H and O–H groups in total. The van der Waals surface area contributed by atoms with Crippen molar-refractivity contribution in [2.75, 3.05) is 6.61 Å². The highest BCUT2D eigenvalue weighted by molar-refractivity contribution is 7.98. The smallest absolute Gasteiger partial charge is 0.358 e. The fourth-order valence-electron chi connectivity index (χ4n) is 2.33. The van der Waals surface area contributed by atoms with Gasteiger partial charge in [0.2, 0.25) is 0 Å². The van der Waals surface area contributed by atoms with E-state index in [9.17, 15) is 9.18 Å². The minimum absolute atomic E-state index is 0.261. The van der Waals surface area contributed by atoms with E-state index < -0.39 is 5.97 Å². The average Bonchev–Trinajstić information content (AvgIpc) is 2.76. The molecule has 0 amide bonds. The third-order valence-corrected chi connectivity index (χ3v) is 4.19. The van der Waals surface area contributed by atoms with Crippen LogP contribution in [0.15, 0.2) is 23.1 Å². The summed E-state index contributed by atoms with van der Waals surface area (Å²) in [6.07, 6.45) is 0. The molecule has 1 aliphatic rings. The number of hydrogen-bond donors (Lipinski definition) is 0. The lowest BCUT2D eigenvalue weighted by molar-refractivity contribution is 0.0519. The summed E-state index contributed by atoms with van der Waals surface area (Å²) in [7, 11) is 0. The average molecular weight is 292 g/mol. The maximum Gasteiger partial charge on any atom is 0.358 e. The topological polar surface area (TPSA) is 44.1 Å². The van der Waals surface area contributed by atoms with E-state index in [2.05, 4.69) is 4.98 Å². The summed E-state index contributed by atoms with van der Waals surface area (Å²) in [5.41, 5.74) is 2.02. The molecule has 3 rings (SSSR count). The predicted molar refractivity (Wildman–Crippen MR) is 73.8 cm³/mol. The highest BCUT2D eigenvalue weighted by Crippen LogP contribution is 2.37. The van der Waals surface area contributed by atoms with Crippen LogP contribution in [0, 0.1) is 12.7 Å². The largest absolute Gasteiger partial charge is 0.461 e. The van der Waals surface area contributed by atoms with Gasteiger partial charge >= 0.3 is 5.97 Å². The molecular formula is C14H13FN2O2S. The number of benzene rings is 1. The van der Waals surface area contributed by atoms with Gasteiger partial charge in [-0.2, -0.15) is 0 Å². The van der Waals surface area contributed by atoms with Crippen LogP contribution in [0.1, 0.15) is 28.9 Å². The molecule has 1 aliphatic heterocycles. The number of carbonyl (C=O) groups excluding carboxylic acids is 1. The molecule has 0 atom stereocenters. The molecule has 20 heavy (non-hydrogen) atoms. The van der Waals surface area contributed by atoms with Gasteiger partial charge in [0.1, 0.15) is 11.6 Å². The number of imidazole rings is 1. The first-order valence-electron chi connectivity index (χ1n) is 6.30. The van der Waals surface area contributed by atoms with E-state index in [0.29, 0.717) is 23.9 Å². The third kappa shape index (κ3) is 2.00. The second-order valence-electron chi connectivity index (χ2n) is 4.41. The maximum atomic E-state index is 13.3. The van der Waals surface area contributed by atoms with Gasteiger partial charge in [0, 0.05) is 10.6 Å². The SMILES string of the molecule is CCOC(=O)c1nc(C)n2c1CSc1cc(F)ccc1-2. The summed E-state index contributed by atoms with van der Waals surface area (Å²) < 4.78 is 20.2. The van der Waals surface area contributed by atoms with E-state index in [4.69, 9.17) is 4.74 Å². The Balaban J connectivity index is 2.14. The number of fused-ring (bicyclic) bond motifs is 3. The lowest BCUT2D eigenvalue weighted by atomic mass is 10.2. The Morgan fingerprint density at radius 3 is 3.10 bits per heavy atom. The Morgan fingerprint density at radius 1 is 1.55 bits per heavy atom. The molecule has 0 saturated carbocycles. The Labute approximate surface area is 120 Å². The van der Waals surface area contributed by atoms with Gasteiger partial charge in [0.15, 0.2) is 5.69 Å². The number of aromatic nitrogens is 2. The van der Waals surface area contributed by atoms with E-state index in [1.165, 1.54) is 23.9 Å². The van der Waals surface area contributed by atoms with Gasteiger partial charge in [0.05, 0.1) is 18.0 Å². The van der Waals surface area contributed by atoms with Gasteiger partial charge in [0.25, 0.3) is 0 Å². The number of carbonyl (C=O) groups is 1. The van der Waals surface area contributed by atoms with Crippen LogP contribution in [-0.4, -0.2) is 22.1 Å². The van der Waals surface area contributed by atoms with Gasteiger partial charge in [-0.3, -0.25) is 4.57 Å². The van der Waals surface area contributed by atoms with E-state index >= 15 is 0 Å². The Hall–Kier alpha value is -1.82. The second kappa shape index (κ2) is 4.94. The van der Waals surface area contributed by atoms with Crippen molar-refractivity contribution in [3.8, 4) is 5.69 Å². The minimum Gasteiger partial charge on any atom is -0.461 e. The molecule has 0 bridgehead atoms. The van der Waals surface area contributed by atoms with Crippen LogP contribution in [0.4, 0.5) is 4.39 Å². The zero-order valence-corrected chi connectivity index (χ0v) is 12.0. The van der Waals surface area contributed by atoms with Gasteiger partial charge in [-0.1, -0.05) is 0 Å². The highest BCUT2D eigenvalue weighted by Gasteiger charge is 2.27. The van der Waals surface area contributed by atoms with Gasteiger partial charge in [-0.05, 0) is 32.0 Å². The number of nitrogens with zero attached hydrogens (tertiary/aromatic N) is 2. The number of aryl methyl sites for hydroxylation is 1. The van der Waals surface area contributed by atoms with Gasteiger partial charge < -0.3 is 4.74 Å². The van der Waals surface area contributed by atoms with Crippen molar-refractivity contribution in [3.63, 3.8) is 0 Å². The van der Waals surface area contributed by atoms with E-state index in [1.807, 2.05) is 11.5 Å². The van der Waals surface area contributed by atoms with E-state index in [0.717, 1.165) is 16.3 Å². The molecule has 0 radical (unpaired) electrons. The number of ether oxygens (including phenoxy) is 1. The number of rotatable bonds is 2. The van der Waals surface area contributed by atoms with Gasteiger partial charge in [-0.15, -0.1) is 11.8 Å². The van der Waals surface area contributed by atoms with Crippen LogP contribution < -0.4 is 0 Å². The summed E-state index contributed by atoms with van der Waals surface area (Å²) in [4.78, 5) is 17.1. The van der Waals surface area contributed by atoms with E-state index in [-0.39, 0.29) is 5.82 Å². The molecule has 1 aromatic carbocycles. The van der Waals surface area contributed by atoms with Crippen LogP contribution in [0.5, 0.6) is 0 Å². The molecule has 2 aromatic rings. The number of hydrogen-bond acceptors (Lipinski definition) is 4. The van der Waals surface area contributed by atoms with Crippen molar-refractivity contribution >= 4 is 17.7 Å². The van der Waals surface area contributed by atoms with Crippen LogP contribution in [0.25, 0.3) is 5.69 Å². The van der Waals surface area contributed by atoms with E-state index in [1.54, 1.807) is 13.0 Å². The molecule has 0 spiro atoms. The normalized spacial score (nSPS) is 12.8. The first kappa shape index (κ1) is 13.2. The zero-order valence-electron chi connectivity index (χ0n) is 11.1. The predicted octanol–water partition coefficient (Wildman–Crippen LogP) is 3.10. The van der Waals surface area contributed by atoms with Crippen LogP contribution in [-0.2, 0) is 10.5 Å². The Morgan fingerprint density at radius 2 is 2.35 bits per heavy atom. The fraction of sp³-hybridized carbons (Fsp3) is 0.286. The summed E-state index contributed by atoms with van der Waals surface area (Å²) in [5, 5.41) is 0. The Kier molecular flexibility index (Phi) is 3.25. The number of halogens is 1. The molecule has 0 unspecified atom stereocenters. The molecular weight excluding hydrogens is 279 g/mol. The molecule has 6 heteroatoms. The molecule has 4 nitrogen and oxygen atoms in total. The number of thioether (sulfide) groups is 1. The minimum atomic E-state index is -0.407. The zero-order chi connectivity index (χ0) is 14.3. The molecule has 0 fully saturated rings. The highest BCUT2D eigenvalue weighted by atomic mass is 32.2. The lowest BCUT2D eigenvalue weighted by Crippen LogP contribution is -2.12. The van der Waals surface area contributed by atoms with Crippen LogP contribution in [0.2, 0.25) is 0 Å². The molecule has 1 aromatic heterocycles. The van der Waals surface area contributed by atoms with Crippen molar-refractivity contribution < 1.29 is 13.9 Å². The molecule has 2 heterocycles. The molecule has 0 saturated heterocycles. The lowest BCUT2D eigenvalue weighted by Gasteiger charge is -2.20. The fourth-order valence-corrected chi connectivity index (χ4v) is 3.39. The number of esters is 1. The monoisotopic (exact) mass is 292 g/mol. The molecule has 0 aliphatic carbocycles. The van der Waals surface area contributed by atoms with Crippen molar-refractivity contribution in [2.24, 2.45) is 0 Å². The van der Waals surface area contributed by atoms with Crippen molar-refractivity contribution in [2.45, 2.75) is 24.5 Å². The summed E-state index contributed by atoms with van der Waals surface area (Å²) in [6, 6.07) is 4.63. The summed E-state index contributed by atoms with van der Waals surface area (Å²) in [6.45, 7) is 3.91. The van der Waals surface area contributed by atoms with Crippen molar-refractivity contribution in [1.29, 1.82) is 0 Å². The first-order valence-corrected chi connectivity index (χ1v) is 7.28. The van der Waals surface area contributed by atoms with Crippen LogP contribution in [0.3, 0.4) is 0 Å². The van der Waals surface area contributed by atoms with Crippen molar-refractivity contribution in [1.82, 2.24) is 9.55 Å². The maximum absolute atomic E-state index is 13.3. The van der Waals surface area contributed by atoms with Crippen molar-refractivity contribution in [3.05, 3.63) is 41.2 Å². The van der Waals surface area contributed by atoms with Crippen LogP contribution >= 0.6 is 11.8 Å². The third-order valence-electron chi connectivity index (χ3n) is 3.14. The quantitative estimate of drug-likeness (QED) is 0.798. The summed E-state index contributed by atoms with van der Waals surface area (Å²) in [5.74, 6) is 0.612. The first-order chi connectivity index (χ1) is 9.61. The molecule has 104 valence electrons. The summed E-state index contributed by atoms with van der Waals surface area (Å²) >= 11 is 1.50. The Bertz CT molecular complexity index is 697. The second-order valence-corrected chi connectivity index (χ2v) is 5.43.